The third-order valence-electron chi connectivity index (χ3n) is 4.97. The fraction of sp³-hybridized carbons (Fsp3) is 0.556. The van der Waals surface area contributed by atoms with Gasteiger partial charge in [-0.1, -0.05) is 6.42 Å². The van der Waals surface area contributed by atoms with Crippen molar-refractivity contribution in [1.82, 2.24) is 9.21 Å². The van der Waals surface area contributed by atoms with Crippen molar-refractivity contribution < 1.29 is 18.0 Å². The highest BCUT2D eigenvalue weighted by atomic mass is 32.2. The van der Waals surface area contributed by atoms with Gasteiger partial charge in [0, 0.05) is 30.9 Å². The van der Waals surface area contributed by atoms with Crippen LogP contribution in [0.4, 0.5) is 5.69 Å². The molecule has 1 aromatic rings. The van der Waals surface area contributed by atoms with Crippen LogP contribution in [-0.4, -0.2) is 61.4 Å². The monoisotopic (exact) mass is 379 g/mol. The molecule has 1 N–H and O–H groups in total. The Kier molecular flexibility index (Phi) is 5.62. The average molecular weight is 379 g/mol. The van der Waals surface area contributed by atoms with E-state index >= 15 is 0 Å². The van der Waals surface area contributed by atoms with Crippen LogP contribution in [0.3, 0.4) is 0 Å². The van der Waals surface area contributed by atoms with Crippen molar-refractivity contribution in [3.63, 3.8) is 0 Å². The summed E-state index contributed by atoms with van der Waals surface area (Å²) in [5, 5.41) is 2.78. The molecule has 1 atom stereocenters. The van der Waals surface area contributed by atoms with Gasteiger partial charge in [-0.05, 0) is 49.9 Å². The Balaban J connectivity index is 1.66. The lowest BCUT2D eigenvalue weighted by atomic mass is 10.0. The zero-order chi connectivity index (χ0) is 18.7. The fourth-order valence-corrected chi connectivity index (χ4v) is 4.71. The van der Waals surface area contributed by atoms with Crippen molar-refractivity contribution in [3.8, 4) is 0 Å². The number of piperidine rings is 1. The van der Waals surface area contributed by atoms with Gasteiger partial charge in [0.25, 0.3) is 5.91 Å². The summed E-state index contributed by atoms with van der Waals surface area (Å²) in [7, 11) is -3.42. The van der Waals surface area contributed by atoms with Gasteiger partial charge in [-0.2, -0.15) is 4.31 Å². The van der Waals surface area contributed by atoms with Crippen molar-refractivity contribution in [2.75, 3.05) is 31.2 Å². The maximum absolute atomic E-state index is 12.6. The summed E-state index contributed by atoms with van der Waals surface area (Å²) >= 11 is 0. The zero-order valence-electron chi connectivity index (χ0n) is 15.0. The molecule has 2 heterocycles. The van der Waals surface area contributed by atoms with E-state index in [0.717, 1.165) is 45.0 Å². The summed E-state index contributed by atoms with van der Waals surface area (Å²) in [4.78, 5) is 26.7. The van der Waals surface area contributed by atoms with Gasteiger partial charge in [0.1, 0.15) is 6.04 Å². The Morgan fingerprint density at radius 1 is 1.00 bits per heavy atom. The molecule has 0 spiro atoms. The lowest BCUT2D eigenvalue weighted by Gasteiger charge is -2.32. The van der Waals surface area contributed by atoms with Crippen LogP contribution >= 0.6 is 0 Å². The number of sulfonamides is 1. The van der Waals surface area contributed by atoms with Gasteiger partial charge >= 0.3 is 0 Å². The first kappa shape index (κ1) is 18.8. The molecule has 0 bridgehead atoms. The number of rotatable bonds is 4. The van der Waals surface area contributed by atoms with Crippen LogP contribution < -0.4 is 5.32 Å². The summed E-state index contributed by atoms with van der Waals surface area (Å²) in [5.74, 6) is -0.315. The van der Waals surface area contributed by atoms with Gasteiger partial charge in [0.05, 0.1) is 6.26 Å². The Labute approximate surface area is 154 Å². The predicted octanol–water partition coefficient (Wildman–Crippen LogP) is 1.68. The number of nitrogens with one attached hydrogen (secondary N) is 1. The molecule has 1 aromatic carbocycles. The van der Waals surface area contributed by atoms with E-state index in [2.05, 4.69) is 5.32 Å². The van der Waals surface area contributed by atoms with Crippen molar-refractivity contribution >= 4 is 27.5 Å². The van der Waals surface area contributed by atoms with Gasteiger partial charge in [-0.15, -0.1) is 0 Å². The Morgan fingerprint density at radius 3 is 2.23 bits per heavy atom. The zero-order valence-corrected chi connectivity index (χ0v) is 15.8. The summed E-state index contributed by atoms with van der Waals surface area (Å²) in [6.45, 7) is 1.96. The maximum Gasteiger partial charge on any atom is 0.253 e. The van der Waals surface area contributed by atoms with E-state index in [9.17, 15) is 18.0 Å². The topological polar surface area (TPSA) is 86.8 Å². The standard InChI is InChI=1S/C18H25N3O4S/c1-26(24,25)21-13-3-2-6-16(21)17(22)19-15-9-7-14(8-10-15)18(23)20-11-4-5-12-20/h7-10,16H,2-6,11-13H2,1H3,(H,19,22). The molecule has 1 unspecified atom stereocenters. The smallest absolute Gasteiger partial charge is 0.253 e. The molecule has 7 nitrogen and oxygen atoms in total. The van der Waals surface area contributed by atoms with Crippen molar-refractivity contribution in [3.05, 3.63) is 29.8 Å². The molecular weight excluding hydrogens is 354 g/mol. The normalized spacial score (nSPS) is 21.6. The minimum atomic E-state index is -3.42. The van der Waals surface area contributed by atoms with E-state index in [0.29, 0.717) is 24.2 Å². The summed E-state index contributed by atoms with van der Waals surface area (Å²) in [6.07, 6.45) is 5.33. The highest BCUT2D eigenvalue weighted by Crippen LogP contribution is 2.22. The van der Waals surface area contributed by atoms with E-state index in [1.54, 1.807) is 24.3 Å². The lowest BCUT2D eigenvalue weighted by molar-refractivity contribution is -0.120. The highest BCUT2D eigenvalue weighted by Gasteiger charge is 2.34. The van der Waals surface area contributed by atoms with Crippen LogP contribution in [0.2, 0.25) is 0 Å². The molecule has 3 rings (SSSR count). The molecule has 2 fully saturated rings. The molecule has 0 radical (unpaired) electrons. The van der Waals surface area contributed by atoms with Crippen LogP contribution in [0.15, 0.2) is 24.3 Å². The number of likely N-dealkylation sites (tertiary alicyclic amines) is 1. The van der Waals surface area contributed by atoms with Gasteiger partial charge in [0.15, 0.2) is 0 Å². The van der Waals surface area contributed by atoms with Gasteiger partial charge < -0.3 is 10.2 Å². The van der Waals surface area contributed by atoms with E-state index in [1.165, 1.54) is 4.31 Å². The van der Waals surface area contributed by atoms with E-state index in [4.69, 9.17) is 0 Å². The third kappa shape index (κ3) is 4.24. The van der Waals surface area contributed by atoms with Crippen molar-refractivity contribution in [1.29, 1.82) is 0 Å². The Hall–Kier alpha value is -1.93. The van der Waals surface area contributed by atoms with Crippen LogP contribution in [-0.2, 0) is 14.8 Å². The summed E-state index contributed by atoms with van der Waals surface area (Å²) in [5.41, 5.74) is 1.16. The van der Waals surface area contributed by atoms with Gasteiger partial charge in [-0.25, -0.2) is 8.42 Å². The van der Waals surface area contributed by atoms with Crippen LogP contribution in [0, 0.1) is 0 Å². The quantitative estimate of drug-likeness (QED) is 0.862. The largest absolute Gasteiger partial charge is 0.339 e. The number of hydrogen-bond acceptors (Lipinski definition) is 4. The van der Waals surface area contributed by atoms with Crippen molar-refractivity contribution in [2.24, 2.45) is 0 Å². The number of carbonyl (C=O) groups excluding carboxylic acids is 2. The van der Waals surface area contributed by atoms with E-state index < -0.39 is 16.1 Å². The lowest BCUT2D eigenvalue weighted by Crippen LogP contribution is -2.49. The van der Waals surface area contributed by atoms with Gasteiger partial charge in [-0.3, -0.25) is 9.59 Å². The number of benzene rings is 1. The summed E-state index contributed by atoms with van der Waals surface area (Å²) < 4.78 is 25.1. The third-order valence-corrected chi connectivity index (χ3v) is 6.26. The van der Waals surface area contributed by atoms with E-state index in [-0.39, 0.29) is 11.8 Å². The summed E-state index contributed by atoms with van der Waals surface area (Å²) in [6, 6.07) is 6.10. The molecule has 2 amide bonds. The number of nitrogens with zero attached hydrogens (tertiary/aromatic N) is 2. The molecule has 2 saturated heterocycles. The first-order chi connectivity index (χ1) is 12.4. The van der Waals surface area contributed by atoms with Crippen LogP contribution in [0.25, 0.3) is 0 Å². The molecule has 8 heteroatoms. The second-order valence-electron chi connectivity index (χ2n) is 6.95. The second-order valence-corrected chi connectivity index (χ2v) is 8.89. The molecule has 0 aromatic heterocycles. The molecule has 0 saturated carbocycles. The fourth-order valence-electron chi connectivity index (χ4n) is 3.59. The molecule has 2 aliphatic rings. The molecule has 26 heavy (non-hydrogen) atoms. The number of amides is 2. The average Bonchev–Trinajstić information content (AvgIpc) is 3.15. The molecular formula is C18H25N3O4S. The van der Waals surface area contributed by atoms with Crippen LogP contribution in [0.1, 0.15) is 42.5 Å². The highest BCUT2D eigenvalue weighted by molar-refractivity contribution is 7.88. The van der Waals surface area contributed by atoms with E-state index in [1.807, 2.05) is 4.90 Å². The second kappa shape index (κ2) is 7.75. The predicted molar refractivity (Wildman–Crippen MR) is 99.4 cm³/mol. The SMILES string of the molecule is CS(=O)(=O)N1CCCCC1C(=O)Nc1ccc(C(=O)N2CCCC2)cc1. The number of anilines is 1. The van der Waals surface area contributed by atoms with Gasteiger partial charge in [0.2, 0.25) is 15.9 Å². The molecule has 0 aliphatic carbocycles. The number of carbonyl (C=O) groups is 2. The van der Waals surface area contributed by atoms with Crippen LogP contribution in [0.5, 0.6) is 0 Å². The molecule has 142 valence electrons. The number of hydrogen-bond donors (Lipinski definition) is 1. The van der Waals surface area contributed by atoms with Crippen molar-refractivity contribution in [2.45, 2.75) is 38.1 Å². The molecule has 2 aliphatic heterocycles. The Morgan fingerprint density at radius 2 is 1.62 bits per heavy atom. The Bertz CT molecular complexity index is 770. The minimum absolute atomic E-state index is 0.0101. The first-order valence-electron chi connectivity index (χ1n) is 9.03. The first-order valence-corrected chi connectivity index (χ1v) is 10.9. The minimum Gasteiger partial charge on any atom is -0.339 e. The maximum atomic E-state index is 12.6.